The highest BCUT2D eigenvalue weighted by Crippen LogP contribution is 2.44. The van der Waals surface area contributed by atoms with Gasteiger partial charge in [-0.1, -0.05) is 35.5 Å². The number of fused-ring (bicyclic) bond motifs is 3. The molecule has 1 aromatic carbocycles. The molecule has 2 saturated heterocycles. The summed E-state index contributed by atoms with van der Waals surface area (Å²) in [6, 6.07) is 10.4. The van der Waals surface area contributed by atoms with Gasteiger partial charge in [-0.25, -0.2) is 9.59 Å². The molecule has 1 aromatic rings. The van der Waals surface area contributed by atoms with E-state index in [1.807, 2.05) is 6.07 Å². The first-order valence-electron chi connectivity index (χ1n) is 8.15. The third-order valence-electron chi connectivity index (χ3n) is 4.79. The molecular formula is C18H20N2O5. The van der Waals surface area contributed by atoms with E-state index in [2.05, 4.69) is 34.3 Å². The molecule has 4 rings (SSSR count). The lowest BCUT2D eigenvalue weighted by molar-refractivity contribution is -0.134. The lowest BCUT2D eigenvalue weighted by atomic mass is 9.83. The Hall–Kier alpha value is -2.67. The monoisotopic (exact) mass is 344 g/mol. The van der Waals surface area contributed by atoms with Gasteiger partial charge in [-0.05, 0) is 18.5 Å². The third kappa shape index (κ3) is 3.88. The van der Waals surface area contributed by atoms with E-state index in [1.165, 1.54) is 25.1 Å². The summed E-state index contributed by atoms with van der Waals surface area (Å²) >= 11 is 0. The molecular weight excluding hydrogens is 324 g/mol. The standard InChI is InChI=1S/C14H16N2O.C4H4O4/c1-2-4-11(5-3-1)13-8-14(17-15-13)10-16-7-6-12(14)9-16;5-3(6)1-2-4(7)8/h1-5,12H,6-10H2;1-2H,(H,5,6)(H,7,8)/b;2-1+. The number of hydrogen-bond acceptors (Lipinski definition) is 5. The van der Waals surface area contributed by atoms with Crippen LogP contribution in [-0.4, -0.2) is 58.0 Å². The van der Waals surface area contributed by atoms with Crippen molar-refractivity contribution in [2.24, 2.45) is 11.1 Å². The van der Waals surface area contributed by atoms with Crippen molar-refractivity contribution in [1.29, 1.82) is 0 Å². The maximum atomic E-state index is 9.55. The molecule has 1 spiro atoms. The molecule has 132 valence electrons. The predicted molar refractivity (Wildman–Crippen MR) is 90.4 cm³/mol. The smallest absolute Gasteiger partial charge is 0.328 e. The number of carbonyl (C=O) groups is 2. The largest absolute Gasteiger partial charge is 0.478 e. The molecule has 7 nitrogen and oxygen atoms in total. The zero-order chi connectivity index (χ0) is 17.9. The quantitative estimate of drug-likeness (QED) is 0.808. The second-order valence-corrected chi connectivity index (χ2v) is 6.47. The molecule has 2 bridgehead atoms. The predicted octanol–water partition coefficient (Wildman–Crippen LogP) is 1.60. The van der Waals surface area contributed by atoms with E-state index in [-0.39, 0.29) is 5.60 Å². The molecule has 0 radical (unpaired) electrons. The number of aliphatic carboxylic acids is 2. The lowest BCUT2D eigenvalue weighted by Crippen LogP contribution is -2.42. The van der Waals surface area contributed by atoms with Crippen molar-refractivity contribution >= 4 is 17.7 Å². The van der Waals surface area contributed by atoms with Crippen molar-refractivity contribution in [3.8, 4) is 0 Å². The van der Waals surface area contributed by atoms with E-state index in [0.717, 1.165) is 18.7 Å². The Kier molecular flexibility index (Phi) is 4.85. The van der Waals surface area contributed by atoms with Gasteiger partial charge in [0.15, 0.2) is 5.60 Å². The molecule has 3 heterocycles. The first kappa shape index (κ1) is 17.2. The molecule has 0 aromatic heterocycles. The first-order valence-corrected chi connectivity index (χ1v) is 8.15. The summed E-state index contributed by atoms with van der Waals surface area (Å²) in [6.07, 6.45) is 3.38. The molecule has 7 heteroatoms. The van der Waals surface area contributed by atoms with Gasteiger partial charge in [-0.2, -0.15) is 0 Å². The zero-order valence-electron chi connectivity index (χ0n) is 13.7. The Balaban J connectivity index is 0.000000197. The number of rotatable bonds is 3. The number of piperidine rings is 1. The Labute approximate surface area is 145 Å². The minimum atomic E-state index is -1.26. The summed E-state index contributed by atoms with van der Waals surface area (Å²) in [6.45, 7) is 3.52. The van der Waals surface area contributed by atoms with Crippen molar-refractivity contribution in [2.45, 2.75) is 18.4 Å². The van der Waals surface area contributed by atoms with E-state index in [0.29, 0.717) is 18.1 Å². The van der Waals surface area contributed by atoms with Gasteiger partial charge < -0.3 is 15.1 Å². The SMILES string of the molecule is O=C(O)/C=C/C(=O)O.c1ccc(C2=NOC3(C2)CN2CCC3C2)cc1. The van der Waals surface area contributed by atoms with Crippen LogP contribution in [0.2, 0.25) is 0 Å². The Morgan fingerprint density at radius 2 is 1.88 bits per heavy atom. The van der Waals surface area contributed by atoms with Crippen LogP contribution in [0.3, 0.4) is 0 Å². The van der Waals surface area contributed by atoms with E-state index in [4.69, 9.17) is 15.1 Å². The van der Waals surface area contributed by atoms with Crippen molar-refractivity contribution in [3.05, 3.63) is 48.0 Å². The zero-order valence-corrected chi connectivity index (χ0v) is 13.7. The van der Waals surface area contributed by atoms with Gasteiger partial charge in [-0.3, -0.25) is 4.90 Å². The summed E-state index contributed by atoms with van der Waals surface area (Å²) in [5, 5.41) is 20.0. The van der Waals surface area contributed by atoms with E-state index < -0.39 is 11.9 Å². The molecule has 2 N–H and O–H groups in total. The van der Waals surface area contributed by atoms with Crippen molar-refractivity contribution in [1.82, 2.24) is 4.90 Å². The lowest BCUT2D eigenvalue weighted by Gasteiger charge is -2.30. The highest BCUT2D eigenvalue weighted by atomic mass is 16.7. The third-order valence-corrected chi connectivity index (χ3v) is 4.79. The van der Waals surface area contributed by atoms with Crippen molar-refractivity contribution < 1.29 is 24.6 Å². The van der Waals surface area contributed by atoms with Gasteiger partial charge in [0.1, 0.15) is 0 Å². The molecule has 0 aliphatic carbocycles. The fraction of sp³-hybridized carbons (Fsp3) is 0.389. The van der Waals surface area contributed by atoms with Gasteiger partial charge >= 0.3 is 11.9 Å². The molecule has 25 heavy (non-hydrogen) atoms. The van der Waals surface area contributed by atoms with E-state index in [1.54, 1.807) is 0 Å². The Morgan fingerprint density at radius 3 is 2.40 bits per heavy atom. The van der Waals surface area contributed by atoms with Crippen LogP contribution in [0.15, 0.2) is 47.6 Å². The maximum absolute atomic E-state index is 9.55. The van der Waals surface area contributed by atoms with Crippen LogP contribution in [0.25, 0.3) is 0 Å². The number of hydrogen-bond donors (Lipinski definition) is 2. The van der Waals surface area contributed by atoms with Crippen LogP contribution in [0, 0.1) is 5.92 Å². The van der Waals surface area contributed by atoms with Gasteiger partial charge in [-0.15, -0.1) is 0 Å². The number of carboxylic acid groups (broad SMARTS) is 2. The van der Waals surface area contributed by atoms with Crippen molar-refractivity contribution in [3.63, 3.8) is 0 Å². The second kappa shape index (κ2) is 7.06. The molecule has 3 atom stereocenters. The minimum Gasteiger partial charge on any atom is -0.478 e. The van der Waals surface area contributed by atoms with Crippen LogP contribution in [-0.2, 0) is 14.4 Å². The van der Waals surface area contributed by atoms with Gasteiger partial charge in [0.25, 0.3) is 0 Å². The summed E-state index contributed by atoms with van der Waals surface area (Å²) in [7, 11) is 0. The Bertz CT molecular complexity index is 699. The summed E-state index contributed by atoms with van der Waals surface area (Å²) in [4.78, 5) is 27.5. The minimum absolute atomic E-state index is 0.00340. The van der Waals surface area contributed by atoms with Crippen LogP contribution in [0.1, 0.15) is 18.4 Å². The summed E-state index contributed by atoms with van der Waals surface area (Å²) < 4.78 is 0. The highest BCUT2D eigenvalue weighted by molar-refractivity contribution is 6.01. The highest BCUT2D eigenvalue weighted by Gasteiger charge is 2.55. The van der Waals surface area contributed by atoms with E-state index >= 15 is 0 Å². The first-order chi connectivity index (χ1) is 12.0. The summed E-state index contributed by atoms with van der Waals surface area (Å²) in [5.41, 5.74) is 2.34. The normalized spacial score (nSPS) is 29.2. The van der Waals surface area contributed by atoms with Gasteiger partial charge in [0, 0.05) is 37.6 Å². The van der Waals surface area contributed by atoms with Gasteiger partial charge in [0.05, 0.1) is 5.71 Å². The maximum Gasteiger partial charge on any atom is 0.328 e. The van der Waals surface area contributed by atoms with E-state index in [9.17, 15) is 9.59 Å². The number of carboxylic acids is 2. The average molecular weight is 344 g/mol. The molecule has 3 aliphatic heterocycles. The number of oxime groups is 1. The topological polar surface area (TPSA) is 99.4 Å². The van der Waals surface area contributed by atoms with Crippen LogP contribution < -0.4 is 0 Å². The molecule has 2 fully saturated rings. The van der Waals surface area contributed by atoms with Gasteiger partial charge in [0.2, 0.25) is 0 Å². The van der Waals surface area contributed by atoms with Crippen LogP contribution in [0.4, 0.5) is 0 Å². The number of nitrogens with zero attached hydrogens (tertiary/aromatic N) is 2. The summed E-state index contributed by atoms with van der Waals surface area (Å²) in [5.74, 6) is -1.83. The van der Waals surface area contributed by atoms with Crippen molar-refractivity contribution in [2.75, 3.05) is 19.6 Å². The average Bonchev–Trinajstić information content (AvgIpc) is 3.31. The fourth-order valence-electron chi connectivity index (χ4n) is 3.64. The van der Waals surface area contributed by atoms with Crippen LogP contribution >= 0.6 is 0 Å². The Morgan fingerprint density at radius 1 is 1.20 bits per heavy atom. The molecule has 0 saturated carbocycles. The molecule has 0 amide bonds. The fourth-order valence-corrected chi connectivity index (χ4v) is 3.64. The second-order valence-electron chi connectivity index (χ2n) is 6.47. The molecule has 3 unspecified atom stereocenters. The molecule has 3 aliphatic rings. The van der Waals surface area contributed by atoms with Crippen LogP contribution in [0.5, 0.6) is 0 Å². The number of benzene rings is 1.